The molecule has 4 nitrogen and oxygen atoms in total. The summed E-state index contributed by atoms with van der Waals surface area (Å²) in [5.74, 6) is 0. The van der Waals surface area contributed by atoms with Crippen molar-refractivity contribution in [2.45, 2.75) is 26.4 Å². The molecule has 0 aromatic heterocycles. The number of rotatable bonds is 6. The van der Waals surface area contributed by atoms with E-state index in [1.54, 1.807) is 7.11 Å². The van der Waals surface area contributed by atoms with Crippen LogP contribution in [0.2, 0.25) is 0 Å². The molecular weight excluding hydrogens is 262 g/mol. The van der Waals surface area contributed by atoms with E-state index in [-0.39, 0.29) is 0 Å². The smallest absolute Gasteiger partial charge is 0.0587 e. The third-order valence-corrected chi connectivity index (χ3v) is 4.37. The van der Waals surface area contributed by atoms with Gasteiger partial charge >= 0.3 is 0 Å². The van der Waals surface area contributed by atoms with Crippen LogP contribution in [0.3, 0.4) is 0 Å². The fraction of sp³-hybridized carbons (Fsp3) is 0.647. The number of methoxy groups -OCH3 is 1. The van der Waals surface area contributed by atoms with E-state index < -0.39 is 0 Å². The number of ether oxygens (including phenoxy) is 1. The molecule has 1 unspecified atom stereocenters. The van der Waals surface area contributed by atoms with Crippen LogP contribution in [-0.4, -0.2) is 57.9 Å². The maximum absolute atomic E-state index is 5.05. The minimum Gasteiger partial charge on any atom is -0.383 e. The van der Waals surface area contributed by atoms with Gasteiger partial charge < -0.3 is 19.9 Å². The second kappa shape index (κ2) is 7.78. The van der Waals surface area contributed by atoms with Crippen molar-refractivity contribution in [3.05, 3.63) is 29.3 Å². The van der Waals surface area contributed by atoms with Crippen LogP contribution in [0.1, 0.15) is 18.1 Å². The quantitative estimate of drug-likeness (QED) is 0.810. The number of aryl methyl sites for hydroxylation is 1. The van der Waals surface area contributed by atoms with E-state index in [1.807, 2.05) is 0 Å². The maximum atomic E-state index is 5.05. The minimum absolute atomic E-state index is 0.619. The molecule has 1 fully saturated rings. The van der Waals surface area contributed by atoms with Crippen molar-refractivity contribution >= 4 is 5.69 Å². The van der Waals surface area contributed by atoms with Gasteiger partial charge in [-0.25, -0.2) is 0 Å². The average molecular weight is 291 g/mol. The van der Waals surface area contributed by atoms with Gasteiger partial charge in [-0.05, 0) is 38.1 Å². The summed E-state index contributed by atoms with van der Waals surface area (Å²) in [7, 11) is 3.95. The van der Waals surface area contributed by atoms with E-state index in [4.69, 9.17) is 4.74 Å². The van der Waals surface area contributed by atoms with Gasteiger partial charge in [-0.2, -0.15) is 0 Å². The molecule has 0 bridgehead atoms. The third kappa shape index (κ3) is 4.43. The standard InChI is InChI=1S/C17H29N3O/c1-14-11-16(12-18-7-10-21-4)5-6-17(14)20-9-8-19(3)15(2)13-20/h5-6,11,15,18H,7-10,12-13H2,1-4H3. The highest BCUT2D eigenvalue weighted by atomic mass is 16.5. The highest BCUT2D eigenvalue weighted by Crippen LogP contribution is 2.23. The molecule has 118 valence electrons. The Kier molecular flexibility index (Phi) is 6.03. The molecule has 1 N–H and O–H groups in total. The number of anilines is 1. The van der Waals surface area contributed by atoms with Gasteiger partial charge in [0.05, 0.1) is 6.61 Å². The van der Waals surface area contributed by atoms with Crippen molar-refractivity contribution < 1.29 is 4.74 Å². The monoisotopic (exact) mass is 291 g/mol. The van der Waals surface area contributed by atoms with Crippen molar-refractivity contribution in [3.63, 3.8) is 0 Å². The molecule has 21 heavy (non-hydrogen) atoms. The van der Waals surface area contributed by atoms with Gasteiger partial charge in [-0.15, -0.1) is 0 Å². The summed E-state index contributed by atoms with van der Waals surface area (Å²) in [6.45, 7) is 10.5. The van der Waals surface area contributed by atoms with Gasteiger partial charge in [0.1, 0.15) is 0 Å². The molecule has 1 saturated heterocycles. The maximum Gasteiger partial charge on any atom is 0.0587 e. The molecule has 1 aromatic carbocycles. The lowest BCUT2D eigenvalue weighted by Crippen LogP contribution is -2.50. The van der Waals surface area contributed by atoms with E-state index in [9.17, 15) is 0 Å². The number of nitrogens with zero attached hydrogens (tertiary/aromatic N) is 2. The first-order valence-electron chi connectivity index (χ1n) is 7.86. The normalized spacial score (nSPS) is 20.0. The summed E-state index contributed by atoms with van der Waals surface area (Å²) >= 11 is 0. The van der Waals surface area contributed by atoms with E-state index in [0.717, 1.165) is 39.3 Å². The topological polar surface area (TPSA) is 27.7 Å². The Morgan fingerprint density at radius 2 is 2.14 bits per heavy atom. The molecule has 1 atom stereocenters. The van der Waals surface area contributed by atoms with Crippen LogP contribution in [0.15, 0.2) is 18.2 Å². The van der Waals surface area contributed by atoms with Crippen LogP contribution in [0.25, 0.3) is 0 Å². The fourth-order valence-electron chi connectivity index (χ4n) is 2.86. The second-order valence-electron chi connectivity index (χ2n) is 6.07. The predicted octanol–water partition coefficient (Wildman–Crippen LogP) is 1.87. The molecule has 4 heteroatoms. The Labute approximate surface area is 129 Å². The van der Waals surface area contributed by atoms with Crippen molar-refractivity contribution in [1.29, 1.82) is 0 Å². The average Bonchev–Trinajstić information content (AvgIpc) is 2.47. The molecule has 1 heterocycles. The molecule has 0 radical (unpaired) electrons. The lowest BCUT2D eigenvalue weighted by molar-refractivity contribution is 0.199. The molecule has 0 spiro atoms. The summed E-state index contributed by atoms with van der Waals surface area (Å²) < 4.78 is 5.05. The van der Waals surface area contributed by atoms with Crippen molar-refractivity contribution in [3.8, 4) is 0 Å². The zero-order valence-corrected chi connectivity index (χ0v) is 13.9. The first-order chi connectivity index (χ1) is 10.1. The summed E-state index contributed by atoms with van der Waals surface area (Å²) in [5.41, 5.74) is 4.10. The highest BCUT2D eigenvalue weighted by Gasteiger charge is 2.21. The van der Waals surface area contributed by atoms with Crippen LogP contribution in [0, 0.1) is 6.92 Å². The van der Waals surface area contributed by atoms with Crippen LogP contribution < -0.4 is 10.2 Å². The second-order valence-corrected chi connectivity index (χ2v) is 6.07. The SMILES string of the molecule is COCCNCc1ccc(N2CCN(C)C(C)C2)c(C)c1. The Morgan fingerprint density at radius 3 is 2.81 bits per heavy atom. The number of hydrogen-bond donors (Lipinski definition) is 1. The first-order valence-corrected chi connectivity index (χ1v) is 7.86. The molecule has 1 aliphatic rings. The van der Waals surface area contributed by atoms with Gasteiger partial charge in [-0.3, -0.25) is 0 Å². The lowest BCUT2D eigenvalue weighted by Gasteiger charge is -2.39. The lowest BCUT2D eigenvalue weighted by atomic mass is 10.1. The van der Waals surface area contributed by atoms with Crippen molar-refractivity contribution in [2.24, 2.45) is 0 Å². The van der Waals surface area contributed by atoms with Crippen LogP contribution in [0.4, 0.5) is 5.69 Å². The van der Waals surface area contributed by atoms with Gasteiger partial charge in [0.15, 0.2) is 0 Å². The number of hydrogen-bond acceptors (Lipinski definition) is 4. The van der Waals surface area contributed by atoms with E-state index in [0.29, 0.717) is 6.04 Å². The molecule has 2 rings (SSSR count). The molecular formula is C17H29N3O. The van der Waals surface area contributed by atoms with Crippen LogP contribution in [0.5, 0.6) is 0 Å². The zero-order chi connectivity index (χ0) is 15.2. The molecule has 0 saturated carbocycles. The molecule has 0 amide bonds. The number of piperazine rings is 1. The number of benzene rings is 1. The molecule has 1 aliphatic heterocycles. The summed E-state index contributed by atoms with van der Waals surface area (Å²) in [4.78, 5) is 4.95. The Morgan fingerprint density at radius 1 is 1.33 bits per heavy atom. The predicted molar refractivity (Wildman–Crippen MR) is 89.1 cm³/mol. The van der Waals surface area contributed by atoms with Crippen LogP contribution >= 0.6 is 0 Å². The molecule has 0 aliphatic carbocycles. The van der Waals surface area contributed by atoms with Gasteiger partial charge in [0.2, 0.25) is 0 Å². The number of likely N-dealkylation sites (N-methyl/N-ethyl adjacent to an activating group) is 1. The molecule has 1 aromatic rings. The summed E-state index contributed by atoms with van der Waals surface area (Å²) in [5, 5.41) is 3.40. The Balaban J connectivity index is 1.95. The minimum atomic E-state index is 0.619. The first kappa shape index (κ1) is 16.3. The Hall–Kier alpha value is -1.10. The zero-order valence-electron chi connectivity index (χ0n) is 13.9. The summed E-state index contributed by atoms with van der Waals surface area (Å²) in [6, 6.07) is 7.44. The van der Waals surface area contributed by atoms with E-state index in [1.165, 1.54) is 16.8 Å². The van der Waals surface area contributed by atoms with E-state index >= 15 is 0 Å². The van der Waals surface area contributed by atoms with Crippen molar-refractivity contribution in [2.75, 3.05) is 51.8 Å². The van der Waals surface area contributed by atoms with Gasteiger partial charge in [-0.1, -0.05) is 12.1 Å². The van der Waals surface area contributed by atoms with E-state index in [2.05, 4.69) is 54.2 Å². The van der Waals surface area contributed by atoms with Gasteiger partial charge in [0, 0.05) is 51.6 Å². The summed E-state index contributed by atoms with van der Waals surface area (Å²) in [6.07, 6.45) is 0. The Bertz CT molecular complexity index is 450. The largest absolute Gasteiger partial charge is 0.383 e. The third-order valence-electron chi connectivity index (χ3n) is 4.37. The van der Waals surface area contributed by atoms with Crippen LogP contribution in [-0.2, 0) is 11.3 Å². The fourth-order valence-corrected chi connectivity index (χ4v) is 2.86. The van der Waals surface area contributed by atoms with Gasteiger partial charge in [0.25, 0.3) is 0 Å². The highest BCUT2D eigenvalue weighted by molar-refractivity contribution is 5.55. The number of nitrogens with one attached hydrogen (secondary N) is 1. The van der Waals surface area contributed by atoms with Crippen molar-refractivity contribution in [1.82, 2.24) is 10.2 Å².